The molecule has 1 aliphatic rings. The number of aryl methyl sites for hydroxylation is 2. The van der Waals surface area contributed by atoms with Crippen LogP contribution in [0.3, 0.4) is 0 Å². The van der Waals surface area contributed by atoms with Gasteiger partial charge in [0.1, 0.15) is 11.8 Å². The number of fused-ring (bicyclic) bond motifs is 2. The van der Waals surface area contributed by atoms with Crippen LogP contribution in [0.2, 0.25) is 0 Å². The molecule has 2 aromatic heterocycles. The van der Waals surface area contributed by atoms with Gasteiger partial charge in [0, 0.05) is 12.1 Å². The molecule has 1 aliphatic heterocycles. The zero-order chi connectivity index (χ0) is 21.4. The van der Waals surface area contributed by atoms with Gasteiger partial charge in [-0.3, -0.25) is 0 Å². The number of benzene rings is 1. The van der Waals surface area contributed by atoms with Crippen LogP contribution in [-0.2, 0) is 10.0 Å². The molecule has 4 rings (SSSR count). The first-order valence-corrected chi connectivity index (χ1v) is 9.12. The molecule has 0 atom stereocenters. The number of alkyl halides is 4. The molecule has 1 aromatic carbocycles. The highest BCUT2D eigenvalue weighted by molar-refractivity contribution is 7.90. The zero-order valence-corrected chi connectivity index (χ0v) is 15.2. The van der Waals surface area contributed by atoms with Crippen molar-refractivity contribution in [3.8, 4) is 17.6 Å². The average molecular weight is 432 g/mol. The van der Waals surface area contributed by atoms with Gasteiger partial charge in [-0.2, -0.15) is 22.8 Å². The molecule has 29 heavy (non-hydrogen) atoms. The van der Waals surface area contributed by atoms with E-state index in [1.54, 1.807) is 6.07 Å². The molecule has 0 N–H and O–H groups in total. The lowest BCUT2D eigenvalue weighted by molar-refractivity contribution is -0.391. The highest BCUT2D eigenvalue weighted by Gasteiger charge is 2.66. The fraction of sp³-hybridized carbons (Fsp3) is 0.267. The summed E-state index contributed by atoms with van der Waals surface area (Å²) in [6.07, 6.45) is -9.96. The van der Waals surface area contributed by atoms with Crippen LogP contribution in [0.15, 0.2) is 21.6 Å². The highest BCUT2D eigenvalue weighted by Crippen LogP contribution is 2.48. The smallest absolute Gasteiger partial charge is 0.421 e. The van der Waals surface area contributed by atoms with Crippen LogP contribution in [0.4, 0.5) is 17.6 Å². The lowest BCUT2D eigenvalue weighted by Gasteiger charge is -2.31. The molecule has 9 nitrogen and oxygen atoms in total. The van der Waals surface area contributed by atoms with Crippen LogP contribution in [0.5, 0.6) is 11.5 Å². The maximum absolute atomic E-state index is 13.5. The van der Waals surface area contributed by atoms with E-state index in [-0.39, 0.29) is 27.4 Å². The molecule has 0 radical (unpaired) electrons. The minimum Gasteiger partial charge on any atom is -0.421 e. The van der Waals surface area contributed by atoms with E-state index >= 15 is 0 Å². The topological polar surface area (TPSA) is 120 Å². The summed E-state index contributed by atoms with van der Waals surface area (Å²) in [4.78, 5) is 3.40. The summed E-state index contributed by atoms with van der Waals surface area (Å²) < 4.78 is 93.3. The molecule has 0 spiro atoms. The van der Waals surface area contributed by atoms with Crippen molar-refractivity contribution in [2.75, 3.05) is 0 Å². The minimum absolute atomic E-state index is 0.0167. The third-order valence-electron chi connectivity index (χ3n) is 4.06. The van der Waals surface area contributed by atoms with E-state index in [0.717, 1.165) is 12.1 Å². The molecule has 0 saturated heterocycles. The number of hydrogen-bond acceptors (Lipinski definition) is 8. The van der Waals surface area contributed by atoms with Crippen LogP contribution >= 0.6 is 0 Å². The molecule has 152 valence electrons. The van der Waals surface area contributed by atoms with Crippen molar-refractivity contribution in [3.63, 3.8) is 0 Å². The van der Waals surface area contributed by atoms with Crippen molar-refractivity contribution in [2.24, 2.45) is 0 Å². The van der Waals surface area contributed by atoms with Crippen molar-refractivity contribution < 1.29 is 40.0 Å². The average Bonchev–Trinajstić information content (AvgIpc) is 3.13. The van der Waals surface area contributed by atoms with Crippen molar-refractivity contribution in [3.05, 3.63) is 29.4 Å². The number of ether oxygens (including phenoxy) is 2. The van der Waals surface area contributed by atoms with Crippen molar-refractivity contribution in [2.45, 2.75) is 31.0 Å². The van der Waals surface area contributed by atoms with E-state index in [4.69, 9.17) is 4.52 Å². The second kappa shape index (κ2) is 5.60. The summed E-state index contributed by atoms with van der Waals surface area (Å²) in [5.41, 5.74) is -0.665. The van der Waals surface area contributed by atoms with Gasteiger partial charge < -0.3 is 14.0 Å². The molecule has 0 bridgehead atoms. The quantitative estimate of drug-likeness (QED) is 0.567. The van der Waals surface area contributed by atoms with Crippen molar-refractivity contribution in [1.82, 2.24) is 14.1 Å². The van der Waals surface area contributed by atoms with Gasteiger partial charge in [-0.15, -0.1) is 0 Å². The molecule has 3 aromatic rings. The van der Waals surface area contributed by atoms with Crippen LogP contribution in [0.25, 0.3) is 11.0 Å². The number of nitrogens with zero attached hydrogens (tertiary/aromatic N) is 4. The molecular formula is C15H8F4N4O5S. The van der Waals surface area contributed by atoms with E-state index in [1.165, 1.54) is 13.8 Å². The molecule has 3 heterocycles. The van der Waals surface area contributed by atoms with Gasteiger partial charge in [0.2, 0.25) is 5.82 Å². The SMILES string of the molecule is Cc1noc(C)c1S(=O)(=O)n1c(C#N)nc2cc3c(cc21)OC(F)(F)C(F)(F)O3. The monoisotopic (exact) mass is 432 g/mol. The number of rotatable bonds is 2. The Morgan fingerprint density at radius 3 is 2.21 bits per heavy atom. The summed E-state index contributed by atoms with van der Waals surface area (Å²) in [7, 11) is -4.52. The Kier molecular flexibility index (Phi) is 3.67. The summed E-state index contributed by atoms with van der Waals surface area (Å²) >= 11 is 0. The standard InChI is InChI=1S/C15H8F4N4O5S/c1-6-13(7(2)28-22-6)29(24,25)23-9-4-11-10(3-8(9)21-12(23)5-20)26-14(16,17)15(18,19)27-11/h3-4H,1-2H3. The van der Waals surface area contributed by atoms with Crippen molar-refractivity contribution in [1.29, 1.82) is 5.26 Å². The molecular weight excluding hydrogens is 424 g/mol. The summed E-state index contributed by atoms with van der Waals surface area (Å²) in [5.74, 6) is -2.39. The molecule has 0 saturated carbocycles. The maximum atomic E-state index is 13.5. The Hall–Kier alpha value is -3.34. The summed E-state index contributed by atoms with van der Waals surface area (Å²) in [5, 5.41) is 12.8. The predicted molar refractivity (Wildman–Crippen MR) is 84.2 cm³/mol. The molecule has 14 heteroatoms. The second-order valence-electron chi connectivity index (χ2n) is 6.00. The molecule has 0 fully saturated rings. The third-order valence-corrected chi connectivity index (χ3v) is 6.01. The fourth-order valence-electron chi connectivity index (χ4n) is 2.87. The van der Waals surface area contributed by atoms with E-state index < -0.39 is 39.6 Å². The van der Waals surface area contributed by atoms with Crippen LogP contribution < -0.4 is 9.47 Å². The first-order chi connectivity index (χ1) is 13.4. The first-order valence-electron chi connectivity index (χ1n) is 7.68. The molecule has 0 amide bonds. The number of halogens is 4. The van der Waals surface area contributed by atoms with Crippen LogP contribution in [0.1, 0.15) is 17.3 Å². The Morgan fingerprint density at radius 1 is 1.10 bits per heavy atom. The normalized spacial score (nSPS) is 17.3. The van der Waals surface area contributed by atoms with Gasteiger partial charge in [-0.1, -0.05) is 5.16 Å². The van der Waals surface area contributed by atoms with Crippen LogP contribution in [0, 0.1) is 25.2 Å². The van der Waals surface area contributed by atoms with Gasteiger partial charge in [-0.05, 0) is 13.8 Å². The Labute approximate surface area is 159 Å². The van der Waals surface area contributed by atoms with Crippen LogP contribution in [-0.4, -0.2) is 34.7 Å². The summed E-state index contributed by atoms with van der Waals surface area (Å²) in [6.45, 7) is 2.66. The van der Waals surface area contributed by atoms with E-state index in [1.807, 2.05) is 0 Å². The van der Waals surface area contributed by atoms with Gasteiger partial charge in [0.15, 0.2) is 22.2 Å². The zero-order valence-electron chi connectivity index (χ0n) is 14.4. The van der Waals surface area contributed by atoms with Gasteiger partial charge >= 0.3 is 12.2 Å². The molecule has 0 aliphatic carbocycles. The van der Waals surface area contributed by atoms with Gasteiger partial charge in [0.25, 0.3) is 10.0 Å². The third kappa shape index (κ3) is 2.54. The number of hydrogen-bond donors (Lipinski definition) is 0. The predicted octanol–water partition coefficient (Wildman–Crippen LogP) is 2.71. The van der Waals surface area contributed by atoms with Gasteiger partial charge in [-0.25, -0.2) is 17.4 Å². The Morgan fingerprint density at radius 2 is 1.69 bits per heavy atom. The molecule has 0 unspecified atom stereocenters. The van der Waals surface area contributed by atoms with Crippen molar-refractivity contribution >= 4 is 21.1 Å². The van der Waals surface area contributed by atoms with E-state index in [9.17, 15) is 31.2 Å². The lowest BCUT2D eigenvalue weighted by Crippen LogP contribution is -2.52. The Bertz CT molecular complexity index is 1300. The van der Waals surface area contributed by atoms with E-state index in [2.05, 4.69) is 19.6 Å². The number of imidazole rings is 1. The second-order valence-corrected chi connectivity index (χ2v) is 7.72. The Balaban J connectivity index is 2.01. The maximum Gasteiger partial charge on any atom is 0.507 e. The lowest BCUT2D eigenvalue weighted by atomic mass is 10.2. The number of aromatic nitrogens is 3. The largest absolute Gasteiger partial charge is 0.507 e. The summed E-state index contributed by atoms with van der Waals surface area (Å²) in [6, 6.07) is 3.05. The highest BCUT2D eigenvalue weighted by atomic mass is 32.2. The minimum atomic E-state index is -5.00. The fourth-order valence-corrected chi connectivity index (χ4v) is 4.57. The van der Waals surface area contributed by atoms with E-state index in [0.29, 0.717) is 3.97 Å². The first kappa shape index (κ1) is 19.0. The van der Waals surface area contributed by atoms with Gasteiger partial charge in [0.05, 0.1) is 11.0 Å². The number of nitriles is 1.